The molecule has 34 heavy (non-hydrogen) atoms. The maximum Gasteiger partial charge on any atom is 0.416 e. The number of sulfonamides is 1. The van der Waals surface area contributed by atoms with Crippen LogP contribution in [0.2, 0.25) is 0 Å². The molecule has 3 aromatic rings. The van der Waals surface area contributed by atoms with Crippen LogP contribution in [0.4, 0.5) is 18.9 Å². The minimum absolute atomic E-state index is 0.179. The van der Waals surface area contributed by atoms with Crippen molar-refractivity contribution in [3.63, 3.8) is 0 Å². The molecule has 0 fully saturated rings. The van der Waals surface area contributed by atoms with Crippen molar-refractivity contribution in [1.29, 1.82) is 0 Å². The number of carbonyl (C=O) groups is 1. The van der Waals surface area contributed by atoms with Crippen LogP contribution in [0.3, 0.4) is 0 Å². The largest absolute Gasteiger partial charge is 0.497 e. The number of ether oxygens (including phenoxy) is 1. The number of anilines is 1. The zero-order valence-corrected chi connectivity index (χ0v) is 18.7. The summed E-state index contributed by atoms with van der Waals surface area (Å²) in [6.45, 7) is -0.793. The first-order valence-corrected chi connectivity index (χ1v) is 11.3. The molecule has 0 saturated carbocycles. The van der Waals surface area contributed by atoms with Crippen LogP contribution >= 0.6 is 0 Å². The van der Waals surface area contributed by atoms with Gasteiger partial charge in [-0.25, -0.2) is 13.8 Å². The van der Waals surface area contributed by atoms with Gasteiger partial charge in [-0.15, -0.1) is 0 Å². The lowest BCUT2D eigenvalue weighted by Gasteiger charge is -2.24. The van der Waals surface area contributed by atoms with Crippen molar-refractivity contribution in [3.8, 4) is 5.75 Å². The van der Waals surface area contributed by atoms with Crippen LogP contribution in [0.1, 0.15) is 11.1 Å². The molecule has 1 N–H and O–H groups in total. The maximum atomic E-state index is 13.2. The molecule has 0 aliphatic rings. The second-order valence-electron chi connectivity index (χ2n) is 6.94. The lowest BCUT2D eigenvalue weighted by Crippen LogP contribution is -2.39. The smallest absolute Gasteiger partial charge is 0.416 e. The van der Waals surface area contributed by atoms with Gasteiger partial charge in [-0.05, 0) is 60.2 Å². The SMILES string of the molecule is COc1ccc(/C=N\NC(=O)CN(c2cccc(C(F)(F)F)c2)S(=O)(=O)c2ccccc2)cc1. The maximum absolute atomic E-state index is 13.2. The minimum atomic E-state index is -4.69. The summed E-state index contributed by atoms with van der Waals surface area (Å²) >= 11 is 0. The van der Waals surface area contributed by atoms with E-state index in [1.54, 1.807) is 30.3 Å². The Balaban J connectivity index is 1.87. The van der Waals surface area contributed by atoms with E-state index in [9.17, 15) is 26.4 Å². The van der Waals surface area contributed by atoms with Crippen LogP contribution in [0.5, 0.6) is 5.75 Å². The topological polar surface area (TPSA) is 88.1 Å². The van der Waals surface area contributed by atoms with Gasteiger partial charge in [0.15, 0.2) is 0 Å². The highest BCUT2D eigenvalue weighted by molar-refractivity contribution is 7.92. The third kappa shape index (κ3) is 6.13. The Morgan fingerprint density at radius 1 is 1.03 bits per heavy atom. The van der Waals surface area contributed by atoms with Crippen LogP contribution < -0.4 is 14.5 Å². The predicted octanol–water partition coefficient (Wildman–Crippen LogP) is 4.06. The van der Waals surface area contributed by atoms with E-state index < -0.39 is 34.2 Å². The van der Waals surface area contributed by atoms with Gasteiger partial charge < -0.3 is 4.74 Å². The Bertz CT molecular complexity index is 1260. The second-order valence-corrected chi connectivity index (χ2v) is 8.80. The number of hydrazone groups is 1. The second kappa shape index (κ2) is 10.4. The molecule has 0 heterocycles. The fourth-order valence-corrected chi connectivity index (χ4v) is 4.34. The minimum Gasteiger partial charge on any atom is -0.497 e. The van der Waals surface area contributed by atoms with Gasteiger partial charge in [0.25, 0.3) is 15.9 Å². The van der Waals surface area contributed by atoms with Crippen molar-refractivity contribution < 1.29 is 31.1 Å². The molecular formula is C23H20F3N3O4S. The van der Waals surface area contributed by atoms with E-state index in [2.05, 4.69) is 10.5 Å². The Hall–Kier alpha value is -3.86. The molecule has 178 valence electrons. The molecule has 0 bridgehead atoms. The fourth-order valence-electron chi connectivity index (χ4n) is 2.91. The van der Waals surface area contributed by atoms with Gasteiger partial charge in [0, 0.05) is 0 Å². The predicted molar refractivity (Wildman–Crippen MR) is 121 cm³/mol. The van der Waals surface area contributed by atoms with Gasteiger partial charge in [-0.1, -0.05) is 24.3 Å². The Morgan fingerprint density at radius 3 is 2.32 bits per heavy atom. The van der Waals surface area contributed by atoms with Crippen LogP contribution in [-0.4, -0.2) is 34.2 Å². The molecule has 0 saturated heterocycles. The molecule has 0 radical (unpaired) electrons. The molecule has 1 amide bonds. The molecular weight excluding hydrogens is 471 g/mol. The molecule has 0 aliphatic heterocycles. The van der Waals surface area contributed by atoms with Crippen molar-refractivity contribution in [2.24, 2.45) is 5.10 Å². The van der Waals surface area contributed by atoms with E-state index in [1.807, 2.05) is 0 Å². The number of halogens is 3. The lowest BCUT2D eigenvalue weighted by molar-refractivity contribution is -0.137. The summed E-state index contributed by atoms with van der Waals surface area (Å²) in [6, 6.07) is 17.6. The summed E-state index contributed by atoms with van der Waals surface area (Å²) in [5.74, 6) is -0.217. The van der Waals surface area contributed by atoms with Crippen LogP contribution in [-0.2, 0) is 21.0 Å². The third-order valence-electron chi connectivity index (χ3n) is 4.60. The number of nitrogens with zero attached hydrogens (tertiary/aromatic N) is 2. The van der Waals surface area contributed by atoms with Crippen molar-refractivity contribution in [2.45, 2.75) is 11.1 Å². The van der Waals surface area contributed by atoms with Crippen molar-refractivity contribution in [3.05, 3.63) is 90.0 Å². The number of benzene rings is 3. The van der Waals surface area contributed by atoms with E-state index >= 15 is 0 Å². The summed E-state index contributed by atoms with van der Waals surface area (Å²) in [5.41, 5.74) is 1.47. The number of methoxy groups -OCH3 is 1. The number of rotatable bonds is 8. The number of amides is 1. The normalized spacial score (nSPS) is 11.9. The molecule has 0 spiro atoms. The number of alkyl halides is 3. The Morgan fingerprint density at radius 2 is 1.71 bits per heavy atom. The van der Waals surface area contributed by atoms with Gasteiger partial charge in [0.2, 0.25) is 0 Å². The molecule has 0 unspecified atom stereocenters. The van der Waals surface area contributed by atoms with Gasteiger partial charge in [-0.3, -0.25) is 9.10 Å². The summed E-state index contributed by atoms with van der Waals surface area (Å²) in [4.78, 5) is 12.3. The third-order valence-corrected chi connectivity index (χ3v) is 6.39. The van der Waals surface area contributed by atoms with Crippen LogP contribution in [0.15, 0.2) is 88.9 Å². The fraction of sp³-hybridized carbons (Fsp3) is 0.130. The van der Waals surface area contributed by atoms with Gasteiger partial charge in [-0.2, -0.15) is 18.3 Å². The van der Waals surface area contributed by atoms with E-state index in [-0.39, 0.29) is 10.6 Å². The molecule has 3 rings (SSSR count). The molecule has 7 nitrogen and oxygen atoms in total. The molecule has 0 aliphatic carbocycles. The zero-order chi connectivity index (χ0) is 24.8. The quantitative estimate of drug-likeness (QED) is 0.380. The zero-order valence-electron chi connectivity index (χ0n) is 17.9. The average Bonchev–Trinajstić information content (AvgIpc) is 2.83. The van der Waals surface area contributed by atoms with Crippen LogP contribution in [0.25, 0.3) is 0 Å². The summed E-state index contributed by atoms with van der Waals surface area (Å²) < 4.78 is 71.7. The summed E-state index contributed by atoms with van der Waals surface area (Å²) in [5, 5.41) is 3.79. The molecule has 11 heteroatoms. The Labute approximate surface area is 194 Å². The highest BCUT2D eigenvalue weighted by Gasteiger charge is 2.33. The number of hydrogen-bond acceptors (Lipinski definition) is 5. The standard InChI is InChI=1S/C23H20F3N3O4S/c1-33-20-12-10-17(11-13-20)15-27-28-22(30)16-29(34(31,32)21-8-3-2-4-9-21)19-7-5-6-18(14-19)23(24,25)26/h2-15H,16H2,1H3,(H,28,30)/b27-15-. The van der Waals surface area contributed by atoms with Gasteiger partial charge >= 0.3 is 6.18 Å². The first-order valence-electron chi connectivity index (χ1n) is 9.82. The molecule has 0 atom stereocenters. The molecule has 3 aromatic carbocycles. The highest BCUT2D eigenvalue weighted by atomic mass is 32.2. The van der Waals surface area contributed by atoms with E-state index in [1.165, 1.54) is 43.7 Å². The number of nitrogens with one attached hydrogen (secondary N) is 1. The summed E-state index contributed by atoms with van der Waals surface area (Å²) in [6.07, 6.45) is -3.36. The van der Waals surface area contributed by atoms with Crippen LogP contribution in [0, 0.1) is 0 Å². The average molecular weight is 491 g/mol. The van der Waals surface area contributed by atoms with E-state index in [0.717, 1.165) is 12.1 Å². The Kier molecular flexibility index (Phi) is 7.57. The first-order chi connectivity index (χ1) is 16.1. The lowest BCUT2D eigenvalue weighted by atomic mass is 10.2. The summed E-state index contributed by atoms with van der Waals surface area (Å²) in [7, 11) is -2.84. The number of carbonyl (C=O) groups excluding carboxylic acids is 1. The van der Waals surface area contributed by atoms with Gasteiger partial charge in [0.1, 0.15) is 12.3 Å². The van der Waals surface area contributed by atoms with E-state index in [0.29, 0.717) is 21.7 Å². The highest BCUT2D eigenvalue weighted by Crippen LogP contribution is 2.33. The molecule has 0 aromatic heterocycles. The van der Waals surface area contributed by atoms with Crippen molar-refractivity contribution in [1.82, 2.24) is 5.43 Å². The van der Waals surface area contributed by atoms with E-state index in [4.69, 9.17) is 4.74 Å². The van der Waals surface area contributed by atoms with Crippen molar-refractivity contribution >= 4 is 27.8 Å². The van der Waals surface area contributed by atoms with Crippen molar-refractivity contribution in [2.75, 3.05) is 18.0 Å². The van der Waals surface area contributed by atoms with Gasteiger partial charge in [0.05, 0.1) is 29.5 Å². The monoisotopic (exact) mass is 491 g/mol. The first kappa shape index (κ1) is 24.8. The number of hydrogen-bond donors (Lipinski definition) is 1.